The highest BCUT2D eigenvalue weighted by molar-refractivity contribution is 7.97. The number of rotatable bonds is 3. The van der Waals surface area contributed by atoms with Crippen LogP contribution in [0, 0.1) is 6.92 Å². The topological polar surface area (TPSA) is 29.5 Å². The summed E-state index contributed by atoms with van der Waals surface area (Å²) in [5.41, 5.74) is 1.97. The number of aryl methyl sites for hydroxylation is 1. The Kier molecular flexibility index (Phi) is 4.13. The lowest BCUT2D eigenvalue weighted by molar-refractivity contribution is 0.159. The molecule has 1 heterocycles. The second-order valence-corrected chi connectivity index (χ2v) is 6.53. The van der Waals surface area contributed by atoms with Crippen molar-refractivity contribution in [2.45, 2.75) is 18.2 Å². The van der Waals surface area contributed by atoms with E-state index in [0.717, 1.165) is 42.3 Å². The van der Waals surface area contributed by atoms with Gasteiger partial charge in [0.2, 0.25) is 0 Å². The second kappa shape index (κ2) is 5.61. The van der Waals surface area contributed by atoms with Crippen LogP contribution in [0.25, 0.3) is 0 Å². The molecule has 2 rings (SSSR count). The first-order valence-electron chi connectivity index (χ1n) is 5.91. The summed E-state index contributed by atoms with van der Waals surface area (Å²) in [6, 6.07) is 4.26. The van der Waals surface area contributed by atoms with E-state index in [1.165, 1.54) is 4.90 Å². The Morgan fingerprint density at radius 2 is 2.12 bits per heavy atom. The third kappa shape index (κ3) is 2.85. The molecule has 0 saturated carbocycles. The zero-order valence-electron chi connectivity index (χ0n) is 10.2. The number of ether oxygens (including phenoxy) is 1. The Labute approximate surface area is 106 Å². The zero-order valence-corrected chi connectivity index (χ0v) is 11.1. The van der Waals surface area contributed by atoms with Gasteiger partial charge in [0.05, 0.1) is 13.2 Å². The van der Waals surface area contributed by atoms with Gasteiger partial charge < -0.3 is 9.84 Å². The standard InChI is InChI=1S/C14H18O2S/c1-3-4-12-10-13(9-11(2)14(12)15)17-7-5-16-6-8-17/h3,9-10H,1,4-8H2,2H3/p+1. The normalized spacial score (nSPS) is 17.0. The molecule has 0 radical (unpaired) electrons. The van der Waals surface area contributed by atoms with E-state index in [2.05, 4.69) is 18.7 Å². The van der Waals surface area contributed by atoms with Gasteiger partial charge in [-0.3, -0.25) is 0 Å². The van der Waals surface area contributed by atoms with E-state index in [1.54, 1.807) is 0 Å². The Morgan fingerprint density at radius 3 is 2.76 bits per heavy atom. The lowest BCUT2D eigenvalue weighted by atomic mass is 10.1. The number of phenolic OH excluding ortho intramolecular Hbond substituents is 1. The molecule has 1 aromatic carbocycles. The molecule has 0 aliphatic carbocycles. The van der Waals surface area contributed by atoms with Crippen LogP contribution < -0.4 is 0 Å². The summed E-state index contributed by atoms with van der Waals surface area (Å²) in [6.45, 7) is 7.43. The molecule has 92 valence electrons. The summed E-state index contributed by atoms with van der Waals surface area (Å²) < 4.78 is 5.39. The highest BCUT2D eigenvalue weighted by Crippen LogP contribution is 2.28. The average Bonchev–Trinajstić information content (AvgIpc) is 2.36. The molecule has 0 bridgehead atoms. The first-order chi connectivity index (χ1) is 8.22. The van der Waals surface area contributed by atoms with E-state index in [-0.39, 0.29) is 10.9 Å². The van der Waals surface area contributed by atoms with Gasteiger partial charge in [0.1, 0.15) is 17.3 Å². The molecule has 1 aliphatic heterocycles. The predicted octanol–water partition coefficient (Wildman–Crippen LogP) is 2.44. The molecule has 0 atom stereocenters. The molecule has 1 N–H and O–H groups in total. The fraction of sp³-hybridized carbons (Fsp3) is 0.429. The van der Waals surface area contributed by atoms with Crippen molar-refractivity contribution in [2.75, 3.05) is 24.7 Å². The van der Waals surface area contributed by atoms with E-state index in [1.807, 2.05) is 13.0 Å². The van der Waals surface area contributed by atoms with Crippen molar-refractivity contribution in [1.29, 1.82) is 0 Å². The van der Waals surface area contributed by atoms with Gasteiger partial charge in [-0.25, -0.2) is 0 Å². The number of hydrogen-bond donors (Lipinski definition) is 1. The van der Waals surface area contributed by atoms with Gasteiger partial charge in [0.25, 0.3) is 0 Å². The van der Waals surface area contributed by atoms with Gasteiger partial charge in [-0.05, 0) is 25.0 Å². The van der Waals surface area contributed by atoms with Crippen LogP contribution in [0.1, 0.15) is 11.1 Å². The smallest absolute Gasteiger partial charge is 0.155 e. The van der Waals surface area contributed by atoms with E-state index >= 15 is 0 Å². The molecule has 2 nitrogen and oxygen atoms in total. The highest BCUT2D eigenvalue weighted by atomic mass is 32.2. The third-order valence-electron chi connectivity index (χ3n) is 3.00. The summed E-state index contributed by atoms with van der Waals surface area (Å²) in [5.74, 6) is 2.64. The first kappa shape index (κ1) is 12.5. The Hall–Kier alpha value is -0.930. The summed E-state index contributed by atoms with van der Waals surface area (Å²) in [6.07, 6.45) is 2.57. The molecular weight excluding hydrogens is 232 g/mol. The second-order valence-electron chi connectivity index (χ2n) is 4.25. The van der Waals surface area contributed by atoms with Gasteiger partial charge in [0, 0.05) is 22.5 Å². The maximum Gasteiger partial charge on any atom is 0.155 e. The molecule has 0 spiro atoms. The van der Waals surface area contributed by atoms with Gasteiger partial charge in [-0.2, -0.15) is 0 Å². The first-order valence-corrected chi connectivity index (χ1v) is 7.47. The van der Waals surface area contributed by atoms with E-state index in [0.29, 0.717) is 5.75 Å². The summed E-state index contributed by atoms with van der Waals surface area (Å²) >= 11 is 0. The minimum absolute atomic E-state index is 0.289. The Morgan fingerprint density at radius 1 is 1.41 bits per heavy atom. The van der Waals surface area contributed by atoms with Crippen LogP contribution in [0.5, 0.6) is 5.75 Å². The van der Waals surface area contributed by atoms with Crippen molar-refractivity contribution >= 4 is 10.9 Å². The predicted molar refractivity (Wildman–Crippen MR) is 72.9 cm³/mol. The monoisotopic (exact) mass is 251 g/mol. The maximum atomic E-state index is 9.98. The molecular formula is C14H19O2S+. The van der Waals surface area contributed by atoms with Crippen molar-refractivity contribution in [1.82, 2.24) is 0 Å². The van der Waals surface area contributed by atoms with E-state index in [4.69, 9.17) is 4.74 Å². The molecule has 0 amide bonds. The molecule has 0 unspecified atom stereocenters. The van der Waals surface area contributed by atoms with Gasteiger partial charge in [-0.1, -0.05) is 6.08 Å². The Balaban J connectivity index is 2.30. The van der Waals surface area contributed by atoms with Crippen LogP contribution in [-0.4, -0.2) is 29.8 Å². The Bertz CT molecular complexity index is 409. The highest BCUT2D eigenvalue weighted by Gasteiger charge is 2.26. The zero-order chi connectivity index (χ0) is 12.3. The van der Waals surface area contributed by atoms with Crippen molar-refractivity contribution in [2.24, 2.45) is 0 Å². The van der Waals surface area contributed by atoms with Gasteiger partial charge in [0.15, 0.2) is 4.90 Å². The van der Waals surface area contributed by atoms with Crippen LogP contribution in [0.2, 0.25) is 0 Å². The molecule has 17 heavy (non-hydrogen) atoms. The van der Waals surface area contributed by atoms with Crippen molar-refractivity contribution in [3.8, 4) is 5.75 Å². The number of hydrogen-bond acceptors (Lipinski definition) is 2. The lowest BCUT2D eigenvalue weighted by Crippen LogP contribution is -2.26. The van der Waals surface area contributed by atoms with Crippen molar-refractivity contribution in [3.05, 3.63) is 35.9 Å². The van der Waals surface area contributed by atoms with E-state index in [9.17, 15) is 5.11 Å². The molecule has 1 saturated heterocycles. The van der Waals surface area contributed by atoms with Crippen LogP contribution in [0.4, 0.5) is 0 Å². The van der Waals surface area contributed by atoms with Gasteiger partial charge in [-0.15, -0.1) is 6.58 Å². The average molecular weight is 251 g/mol. The maximum absolute atomic E-state index is 9.98. The molecule has 1 aromatic rings. The molecule has 3 heteroatoms. The quantitative estimate of drug-likeness (QED) is 0.660. The summed E-state index contributed by atoms with van der Waals surface area (Å²) in [4.78, 5) is 1.36. The molecule has 1 aliphatic rings. The largest absolute Gasteiger partial charge is 0.507 e. The lowest BCUT2D eigenvalue weighted by Gasteiger charge is -2.16. The number of aromatic hydroxyl groups is 1. The number of benzene rings is 1. The molecule has 0 aromatic heterocycles. The SMILES string of the molecule is C=CCc1cc([S+]2CCOCC2)cc(C)c1O. The van der Waals surface area contributed by atoms with Crippen molar-refractivity contribution in [3.63, 3.8) is 0 Å². The van der Waals surface area contributed by atoms with Crippen LogP contribution in [0.15, 0.2) is 29.7 Å². The minimum Gasteiger partial charge on any atom is -0.507 e. The molecule has 1 fully saturated rings. The van der Waals surface area contributed by atoms with Crippen LogP contribution >= 0.6 is 0 Å². The minimum atomic E-state index is 0.289. The fourth-order valence-electron chi connectivity index (χ4n) is 2.05. The summed E-state index contributed by atoms with van der Waals surface area (Å²) in [5, 5.41) is 9.98. The number of allylic oxidation sites excluding steroid dienone is 1. The van der Waals surface area contributed by atoms with Gasteiger partial charge >= 0.3 is 0 Å². The summed E-state index contributed by atoms with van der Waals surface area (Å²) in [7, 11) is 0.289. The fourth-order valence-corrected chi connectivity index (χ4v) is 4.02. The third-order valence-corrected chi connectivity index (χ3v) is 5.22. The van der Waals surface area contributed by atoms with Crippen molar-refractivity contribution < 1.29 is 9.84 Å². The number of phenols is 1. The van der Waals surface area contributed by atoms with Crippen LogP contribution in [0.3, 0.4) is 0 Å². The van der Waals surface area contributed by atoms with Crippen LogP contribution in [-0.2, 0) is 22.1 Å². The van der Waals surface area contributed by atoms with E-state index < -0.39 is 0 Å².